The van der Waals surface area contributed by atoms with Crippen molar-refractivity contribution in [3.63, 3.8) is 0 Å². The fourth-order valence-electron chi connectivity index (χ4n) is 3.55. The minimum absolute atomic E-state index is 0.0647. The maximum Gasteiger partial charge on any atom is 0.254 e. The topological polar surface area (TPSA) is 40.6 Å². The van der Waals surface area contributed by atoms with E-state index in [-0.39, 0.29) is 22.8 Å². The highest BCUT2D eigenvalue weighted by Crippen LogP contribution is 2.22. The molecule has 1 saturated heterocycles. The van der Waals surface area contributed by atoms with Gasteiger partial charge in [-0.3, -0.25) is 9.59 Å². The molecule has 0 radical (unpaired) electrons. The molecule has 1 fully saturated rings. The first-order chi connectivity index (χ1) is 14.1. The van der Waals surface area contributed by atoms with Gasteiger partial charge in [0.25, 0.3) is 5.91 Å². The van der Waals surface area contributed by atoms with Gasteiger partial charge in [0.15, 0.2) is 11.6 Å². The number of benzene rings is 2. The van der Waals surface area contributed by atoms with Crippen LogP contribution in [0, 0.1) is 11.6 Å². The maximum atomic E-state index is 13.4. The predicted molar refractivity (Wildman–Crippen MR) is 112 cm³/mol. The van der Waals surface area contributed by atoms with Gasteiger partial charge in [-0.25, -0.2) is 8.78 Å². The van der Waals surface area contributed by atoms with Gasteiger partial charge >= 0.3 is 0 Å². The average molecular weight is 414 g/mol. The van der Waals surface area contributed by atoms with E-state index >= 15 is 0 Å². The van der Waals surface area contributed by atoms with Gasteiger partial charge in [0.05, 0.1) is 0 Å². The Bertz CT molecular complexity index is 912. The largest absolute Gasteiger partial charge is 0.339 e. The van der Waals surface area contributed by atoms with Gasteiger partial charge in [0, 0.05) is 38.2 Å². The molecule has 0 aliphatic carbocycles. The number of piperazine rings is 1. The van der Waals surface area contributed by atoms with E-state index in [1.54, 1.807) is 9.80 Å². The highest BCUT2D eigenvalue weighted by atomic mass is 19.2. The summed E-state index contributed by atoms with van der Waals surface area (Å²) in [7, 11) is 0. The van der Waals surface area contributed by atoms with Crippen molar-refractivity contribution >= 4 is 11.8 Å². The fraction of sp³-hybridized carbons (Fsp3) is 0.417. The molecule has 1 heterocycles. The van der Waals surface area contributed by atoms with E-state index in [9.17, 15) is 18.4 Å². The number of nitrogens with zero attached hydrogens (tertiary/aromatic N) is 2. The number of hydrogen-bond acceptors (Lipinski definition) is 2. The number of amides is 2. The number of rotatable bonds is 4. The van der Waals surface area contributed by atoms with Crippen LogP contribution in [0.2, 0.25) is 0 Å². The summed E-state index contributed by atoms with van der Waals surface area (Å²) in [5.74, 6) is -2.30. The van der Waals surface area contributed by atoms with Gasteiger partial charge in [-0.15, -0.1) is 0 Å². The van der Waals surface area contributed by atoms with E-state index in [1.807, 2.05) is 0 Å². The van der Waals surface area contributed by atoms with Crippen molar-refractivity contribution in [3.05, 3.63) is 70.8 Å². The lowest BCUT2D eigenvalue weighted by Crippen LogP contribution is -2.50. The molecule has 30 heavy (non-hydrogen) atoms. The monoisotopic (exact) mass is 414 g/mol. The quantitative estimate of drug-likeness (QED) is 0.753. The lowest BCUT2D eigenvalue weighted by molar-refractivity contribution is -0.132. The Labute approximate surface area is 176 Å². The Morgan fingerprint density at radius 2 is 1.47 bits per heavy atom. The third kappa shape index (κ3) is 5.23. The van der Waals surface area contributed by atoms with Crippen molar-refractivity contribution in [2.24, 2.45) is 0 Å². The number of carbonyl (C=O) groups is 2. The van der Waals surface area contributed by atoms with Gasteiger partial charge in [-0.1, -0.05) is 45.0 Å². The van der Waals surface area contributed by atoms with E-state index < -0.39 is 11.6 Å². The van der Waals surface area contributed by atoms with Crippen LogP contribution in [0.15, 0.2) is 42.5 Å². The molecule has 0 aromatic heterocycles. The summed E-state index contributed by atoms with van der Waals surface area (Å²) in [5.41, 5.74) is 2.61. The Kier molecular flexibility index (Phi) is 6.54. The van der Waals surface area contributed by atoms with Crippen LogP contribution in [0.3, 0.4) is 0 Å². The third-order valence-electron chi connectivity index (χ3n) is 5.53. The standard InChI is InChI=1S/C24H28F2N2O2/c1-24(2,3)19-8-4-17(5-9-19)6-11-22(29)27-12-14-28(15-13-27)23(30)18-7-10-20(25)21(26)16-18/h4-5,7-10,16H,6,11-15H2,1-3H3. The summed E-state index contributed by atoms with van der Waals surface area (Å²) in [6.07, 6.45) is 1.10. The van der Waals surface area contributed by atoms with E-state index in [0.717, 1.165) is 17.7 Å². The Balaban J connectivity index is 1.49. The molecule has 2 aromatic carbocycles. The van der Waals surface area contributed by atoms with E-state index in [1.165, 1.54) is 11.6 Å². The van der Waals surface area contributed by atoms with Crippen molar-refractivity contribution < 1.29 is 18.4 Å². The molecule has 0 unspecified atom stereocenters. The SMILES string of the molecule is CC(C)(C)c1ccc(CCC(=O)N2CCN(C(=O)c3ccc(F)c(F)c3)CC2)cc1. The molecule has 0 saturated carbocycles. The van der Waals surface area contributed by atoms with Crippen molar-refractivity contribution in [3.8, 4) is 0 Å². The molecule has 3 rings (SSSR count). The molecule has 1 aliphatic heterocycles. The molecule has 1 aliphatic rings. The van der Waals surface area contributed by atoms with Crippen LogP contribution in [-0.2, 0) is 16.6 Å². The summed E-state index contributed by atoms with van der Waals surface area (Å²) < 4.78 is 26.4. The van der Waals surface area contributed by atoms with Crippen LogP contribution < -0.4 is 0 Å². The number of carbonyl (C=O) groups excluding carboxylic acids is 2. The molecule has 4 nitrogen and oxygen atoms in total. The molecular formula is C24H28F2N2O2. The summed E-state index contributed by atoms with van der Waals surface area (Å²) in [5, 5.41) is 0. The molecule has 0 N–H and O–H groups in total. The van der Waals surface area contributed by atoms with Gasteiger partial charge in [0.1, 0.15) is 0 Å². The summed E-state index contributed by atoms with van der Waals surface area (Å²) in [4.78, 5) is 28.4. The molecular weight excluding hydrogens is 386 g/mol. The van der Waals surface area contributed by atoms with Crippen LogP contribution in [0.4, 0.5) is 8.78 Å². The van der Waals surface area contributed by atoms with Gasteiger partial charge in [-0.2, -0.15) is 0 Å². The summed E-state index contributed by atoms with van der Waals surface area (Å²) >= 11 is 0. The van der Waals surface area contributed by atoms with Crippen molar-refractivity contribution in [2.75, 3.05) is 26.2 Å². The van der Waals surface area contributed by atoms with Crippen molar-refractivity contribution in [1.29, 1.82) is 0 Å². The zero-order chi connectivity index (χ0) is 21.9. The van der Waals surface area contributed by atoms with Crippen LogP contribution in [-0.4, -0.2) is 47.8 Å². The molecule has 6 heteroatoms. The van der Waals surface area contributed by atoms with Gasteiger partial charge in [0.2, 0.25) is 5.91 Å². The van der Waals surface area contributed by atoms with E-state index in [2.05, 4.69) is 45.0 Å². The lowest BCUT2D eigenvalue weighted by Gasteiger charge is -2.35. The second-order valence-corrected chi connectivity index (χ2v) is 8.75. The van der Waals surface area contributed by atoms with Gasteiger partial charge < -0.3 is 9.80 Å². The van der Waals surface area contributed by atoms with E-state index in [0.29, 0.717) is 39.0 Å². The second-order valence-electron chi connectivity index (χ2n) is 8.75. The van der Waals surface area contributed by atoms with Crippen LogP contribution in [0.5, 0.6) is 0 Å². The summed E-state index contributed by atoms with van der Waals surface area (Å²) in [6.45, 7) is 8.15. The molecule has 160 valence electrons. The third-order valence-corrected chi connectivity index (χ3v) is 5.53. The molecule has 0 spiro atoms. The number of aryl methyl sites for hydroxylation is 1. The minimum atomic E-state index is -1.04. The first kappa shape index (κ1) is 21.9. The molecule has 2 amide bonds. The second kappa shape index (κ2) is 8.94. The normalized spacial score (nSPS) is 14.7. The molecule has 0 atom stereocenters. The predicted octanol–water partition coefficient (Wildman–Crippen LogP) is 4.18. The van der Waals surface area contributed by atoms with Crippen LogP contribution >= 0.6 is 0 Å². The molecule has 0 bridgehead atoms. The summed E-state index contributed by atoms with van der Waals surface area (Å²) in [6, 6.07) is 11.5. The Morgan fingerprint density at radius 1 is 0.867 bits per heavy atom. The number of halogens is 2. The average Bonchev–Trinajstić information content (AvgIpc) is 2.73. The van der Waals surface area contributed by atoms with Crippen LogP contribution in [0.25, 0.3) is 0 Å². The smallest absolute Gasteiger partial charge is 0.254 e. The highest BCUT2D eigenvalue weighted by Gasteiger charge is 2.25. The van der Waals surface area contributed by atoms with Crippen LogP contribution in [0.1, 0.15) is 48.7 Å². The number of hydrogen-bond donors (Lipinski definition) is 0. The van der Waals surface area contributed by atoms with Crippen molar-refractivity contribution in [2.45, 2.75) is 39.0 Å². The van der Waals surface area contributed by atoms with Crippen molar-refractivity contribution in [1.82, 2.24) is 9.80 Å². The van der Waals surface area contributed by atoms with Gasteiger partial charge in [-0.05, 0) is 41.2 Å². The fourth-order valence-corrected chi connectivity index (χ4v) is 3.55. The van der Waals surface area contributed by atoms with E-state index in [4.69, 9.17) is 0 Å². The zero-order valence-corrected chi connectivity index (χ0v) is 17.8. The minimum Gasteiger partial charge on any atom is -0.339 e. The first-order valence-corrected chi connectivity index (χ1v) is 10.3. The Morgan fingerprint density at radius 3 is 2.03 bits per heavy atom. The molecule has 2 aromatic rings. The lowest BCUT2D eigenvalue weighted by atomic mass is 9.86. The Hall–Kier alpha value is -2.76. The zero-order valence-electron chi connectivity index (χ0n) is 17.8. The maximum absolute atomic E-state index is 13.4. The first-order valence-electron chi connectivity index (χ1n) is 10.3. The highest BCUT2D eigenvalue weighted by molar-refractivity contribution is 5.94.